The van der Waals surface area contributed by atoms with E-state index in [9.17, 15) is 4.39 Å². The second kappa shape index (κ2) is 6.27. The second-order valence-corrected chi connectivity index (χ2v) is 5.69. The number of benzene rings is 2. The van der Waals surface area contributed by atoms with Gasteiger partial charge in [-0.1, -0.05) is 44.2 Å². The van der Waals surface area contributed by atoms with Crippen LogP contribution in [0.15, 0.2) is 48.5 Å². The Morgan fingerprint density at radius 2 is 1.67 bits per heavy atom. The van der Waals surface area contributed by atoms with Crippen molar-refractivity contribution < 1.29 is 9.13 Å². The van der Waals surface area contributed by atoms with Gasteiger partial charge in [-0.25, -0.2) is 4.39 Å². The van der Waals surface area contributed by atoms with Gasteiger partial charge in [-0.3, -0.25) is 0 Å². The summed E-state index contributed by atoms with van der Waals surface area (Å²) in [6.07, 6.45) is 0. The maximum Gasteiger partial charge on any atom is 0.123 e. The van der Waals surface area contributed by atoms with Gasteiger partial charge in [0.15, 0.2) is 0 Å². The molecule has 2 aromatic rings. The summed E-state index contributed by atoms with van der Waals surface area (Å²) in [6.45, 7) is 4.29. The lowest BCUT2D eigenvalue weighted by molar-refractivity contribution is 0.345. The molecule has 1 atom stereocenters. The topological polar surface area (TPSA) is 21.3 Å². The number of rotatable bonds is 5. The molecule has 0 bridgehead atoms. The summed E-state index contributed by atoms with van der Waals surface area (Å²) >= 11 is 0. The first-order chi connectivity index (χ1) is 10.0. The minimum Gasteiger partial charge on any atom is -0.496 e. The van der Waals surface area contributed by atoms with Crippen molar-refractivity contribution in [1.82, 2.24) is 5.32 Å². The van der Waals surface area contributed by atoms with Gasteiger partial charge in [0.1, 0.15) is 11.6 Å². The molecule has 2 rings (SSSR count). The molecule has 21 heavy (non-hydrogen) atoms. The maximum atomic E-state index is 13.2. The van der Waals surface area contributed by atoms with Crippen molar-refractivity contribution >= 4 is 0 Å². The lowest BCUT2D eigenvalue weighted by Gasteiger charge is -2.36. The summed E-state index contributed by atoms with van der Waals surface area (Å²) in [5.41, 5.74) is 1.96. The van der Waals surface area contributed by atoms with Crippen LogP contribution in [0, 0.1) is 5.82 Å². The molecule has 1 N–H and O–H groups in total. The fourth-order valence-corrected chi connectivity index (χ4v) is 2.86. The molecule has 0 aliphatic rings. The zero-order valence-corrected chi connectivity index (χ0v) is 13.0. The van der Waals surface area contributed by atoms with Gasteiger partial charge in [-0.05, 0) is 30.8 Å². The minimum atomic E-state index is -0.215. The van der Waals surface area contributed by atoms with E-state index < -0.39 is 0 Å². The number of hydrogen-bond acceptors (Lipinski definition) is 2. The average molecular weight is 287 g/mol. The highest BCUT2D eigenvalue weighted by atomic mass is 19.1. The van der Waals surface area contributed by atoms with Crippen LogP contribution in [0.4, 0.5) is 4.39 Å². The highest BCUT2D eigenvalue weighted by Crippen LogP contribution is 2.39. The van der Waals surface area contributed by atoms with E-state index in [-0.39, 0.29) is 17.3 Å². The van der Waals surface area contributed by atoms with E-state index in [0.29, 0.717) is 0 Å². The van der Waals surface area contributed by atoms with Gasteiger partial charge >= 0.3 is 0 Å². The third-order valence-corrected chi connectivity index (χ3v) is 4.05. The van der Waals surface area contributed by atoms with Gasteiger partial charge in [0.25, 0.3) is 0 Å². The molecule has 0 aliphatic heterocycles. The fraction of sp³-hybridized carbons (Fsp3) is 0.333. The Kier molecular flexibility index (Phi) is 4.63. The normalized spacial score (nSPS) is 13.0. The molecule has 0 aliphatic carbocycles. The molecule has 3 heteroatoms. The maximum absolute atomic E-state index is 13.2. The lowest BCUT2D eigenvalue weighted by atomic mass is 9.74. The number of halogens is 1. The van der Waals surface area contributed by atoms with Crippen LogP contribution in [-0.2, 0) is 5.41 Å². The predicted molar refractivity (Wildman–Crippen MR) is 84.2 cm³/mol. The third-order valence-electron chi connectivity index (χ3n) is 4.05. The van der Waals surface area contributed by atoms with Crippen molar-refractivity contribution in [2.24, 2.45) is 0 Å². The molecule has 0 saturated heterocycles. The van der Waals surface area contributed by atoms with Crippen LogP contribution >= 0.6 is 0 Å². The molecule has 0 radical (unpaired) electrons. The number of nitrogens with one attached hydrogen (secondary N) is 1. The highest BCUT2D eigenvalue weighted by molar-refractivity contribution is 5.40. The smallest absolute Gasteiger partial charge is 0.123 e. The van der Waals surface area contributed by atoms with Gasteiger partial charge in [-0.2, -0.15) is 0 Å². The lowest BCUT2D eigenvalue weighted by Crippen LogP contribution is -2.35. The van der Waals surface area contributed by atoms with Crippen LogP contribution in [0.2, 0.25) is 0 Å². The molecular formula is C18H22FNO. The largest absolute Gasteiger partial charge is 0.496 e. The average Bonchev–Trinajstić information content (AvgIpc) is 2.48. The molecular weight excluding hydrogens is 265 g/mol. The summed E-state index contributed by atoms with van der Waals surface area (Å²) < 4.78 is 18.6. The third kappa shape index (κ3) is 3.08. The summed E-state index contributed by atoms with van der Waals surface area (Å²) in [7, 11) is 3.61. The number of likely N-dealkylation sites (N-methyl/N-ethyl adjacent to an activating group) is 1. The molecule has 2 nitrogen and oxygen atoms in total. The first-order valence-electron chi connectivity index (χ1n) is 7.07. The van der Waals surface area contributed by atoms with Crippen molar-refractivity contribution in [2.75, 3.05) is 14.2 Å². The Labute approximate surface area is 126 Å². The molecule has 0 heterocycles. The van der Waals surface area contributed by atoms with Crippen LogP contribution < -0.4 is 10.1 Å². The minimum absolute atomic E-state index is 0.0547. The van der Waals surface area contributed by atoms with Gasteiger partial charge in [0.2, 0.25) is 0 Å². The van der Waals surface area contributed by atoms with Gasteiger partial charge in [0.05, 0.1) is 7.11 Å². The molecule has 0 saturated carbocycles. The molecule has 0 amide bonds. The Hall–Kier alpha value is -1.87. The van der Waals surface area contributed by atoms with E-state index in [1.54, 1.807) is 7.11 Å². The van der Waals surface area contributed by atoms with Crippen LogP contribution in [0.5, 0.6) is 5.75 Å². The number of methoxy groups -OCH3 is 1. The Bertz CT molecular complexity index is 592. The van der Waals surface area contributed by atoms with Crippen LogP contribution in [-0.4, -0.2) is 14.2 Å². The van der Waals surface area contributed by atoms with E-state index in [4.69, 9.17) is 4.74 Å². The van der Waals surface area contributed by atoms with Crippen molar-refractivity contribution in [2.45, 2.75) is 25.3 Å². The SMILES string of the molecule is CNC(c1ccccc1OC)C(C)(C)c1ccc(F)cc1. The zero-order valence-electron chi connectivity index (χ0n) is 13.0. The molecule has 112 valence electrons. The predicted octanol–water partition coefficient (Wildman–Crippen LogP) is 4.07. The Morgan fingerprint density at radius 1 is 1.05 bits per heavy atom. The standard InChI is InChI=1S/C18H22FNO/c1-18(2,13-9-11-14(19)12-10-13)17(20-3)15-7-5-6-8-16(15)21-4/h5-12,17,20H,1-4H3. The van der Waals surface area contributed by atoms with E-state index in [2.05, 4.69) is 25.2 Å². The van der Waals surface area contributed by atoms with Crippen molar-refractivity contribution in [3.8, 4) is 5.75 Å². The number of ether oxygens (including phenoxy) is 1. The highest BCUT2D eigenvalue weighted by Gasteiger charge is 2.33. The summed E-state index contributed by atoms with van der Waals surface area (Å²) in [5, 5.41) is 3.37. The molecule has 0 spiro atoms. The monoisotopic (exact) mass is 287 g/mol. The van der Waals surface area contributed by atoms with Crippen LogP contribution in [0.3, 0.4) is 0 Å². The first kappa shape index (κ1) is 15.5. The van der Waals surface area contributed by atoms with Crippen molar-refractivity contribution in [3.05, 3.63) is 65.5 Å². The summed E-state index contributed by atoms with van der Waals surface area (Å²) in [4.78, 5) is 0. The molecule has 2 aromatic carbocycles. The van der Waals surface area contributed by atoms with E-state index in [0.717, 1.165) is 16.9 Å². The van der Waals surface area contributed by atoms with E-state index in [1.165, 1.54) is 12.1 Å². The number of hydrogen-bond donors (Lipinski definition) is 1. The fourth-order valence-electron chi connectivity index (χ4n) is 2.86. The Balaban J connectivity index is 2.46. The second-order valence-electron chi connectivity index (χ2n) is 5.69. The first-order valence-corrected chi connectivity index (χ1v) is 7.07. The van der Waals surface area contributed by atoms with E-state index >= 15 is 0 Å². The van der Waals surface area contributed by atoms with Crippen molar-refractivity contribution in [3.63, 3.8) is 0 Å². The molecule has 0 fully saturated rings. The van der Waals surface area contributed by atoms with Gasteiger partial charge < -0.3 is 10.1 Å². The molecule has 0 aromatic heterocycles. The zero-order chi connectivity index (χ0) is 15.5. The van der Waals surface area contributed by atoms with Gasteiger partial charge in [0, 0.05) is 17.0 Å². The number of para-hydroxylation sites is 1. The molecule has 1 unspecified atom stereocenters. The van der Waals surface area contributed by atoms with Crippen LogP contribution in [0.1, 0.15) is 31.0 Å². The van der Waals surface area contributed by atoms with Crippen LogP contribution in [0.25, 0.3) is 0 Å². The summed E-state index contributed by atoms with van der Waals surface area (Å²) in [5.74, 6) is 0.639. The quantitative estimate of drug-likeness (QED) is 0.895. The van der Waals surface area contributed by atoms with E-state index in [1.807, 2.05) is 37.4 Å². The Morgan fingerprint density at radius 3 is 2.24 bits per heavy atom. The van der Waals surface area contributed by atoms with Gasteiger partial charge in [-0.15, -0.1) is 0 Å². The summed E-state index contributed by atoms with van der Waals surface area (Å²) in [6, 6.07) is 14.7. The van der Waals surface area contributed by atoms with Crippen molar-refractivity contribution in [1.29, 1.82) is 0 Å².